The van der Waals surface area contributed by atoms with Gasteiger partial charge in [-0.3, -0.25) is 9.59 Å². The van der Waals surface area contributed by atoms with Gasteiger partial charge in [-0.25, -0.2) is 18.5 Å². The monoisotopic (exact) mass is 589 g/mol. The molecular weight excluding hydrogens is 571 g/mol. The van der Waals surface area contributed by atoms with E-state index in [0.717, 1.165) is 8.47 Å². The van der Waals surface area contributed by atoms with Gasteiger partial charge in [0.05, 0.1) is 9.26 Å². The summed E-state index contributed by atoms with van der Waals surface area (Å²) in [5, 5.41) is 4.78. The minimum atomic E-state index is -0.755. The summed E-state index contributed by atoms with van der Waals surface area (Å²) in [6.07, 6.45) is 1.48. The maximum atomic E-state index is 13.7. The number of ether oxygens (including phenoxy) is 1. The van der Waals surface area contributed by atoms with Gasteiger partial charge in [0.1, 0.15) is 36.2 Å². The average Bonchev–Trinajstić information content (AvgIpc) is 3.07. The van der Waals surface area contributed by atoms with Gasteiger partial charge in [-0.1, -0.05) is 30.3 Å². The lowest BCUT2D eigenvalue weighted by molar-refractivity contribution is -0.127. The number of rotatable bonds is 7. The molecule has 1 saturated heterocycles. The highest BCUT2D eigenvalue weighted by Gasteiger charge is 2.35. The molecule has 0 bridgehead atoms. The van der Waals surface area contributed by atoms with Gasteiger partial charge >= 0.3 is 6.03 Å². The van der Waals surface area contributed by atoms with Gasteiger partial charge in [0.2, 0.25) is 5.91 Å². The smallest absolute Gasteiger partial charge is 0.329 e. The minimum absolute atomic E-state index is 0.00193. The zero-order valence-corrected chi connectivity index (χ0v) is 20.2. The van der Waals surface area contributed by atoms with Crippen molar-refractivity contribution in [2.75, 3.05) is 11.9 Å². The second kappa shape index (κ2) is 10.6. The van der Waals surface area contributed by atoms with Gasteiger partial charge in [-0.2, -0.15) is 0 Å². The molecule has 1 aliphatic heterocycles. The van der Waals surface area contributed by atoms with Crippen molar-refractivity contribution in [2.45, 2.75) is 6.61 Å². The molecule has 0 spiro atoms. The second-order valence-corrected chi connectivity index (χ2v) is 8.68. The van der Waals surface area contributed by atoms with Gasteiger partial charge in [-0.05, 0) is 76.2 Å². The summed E-state index contributed by atoms with van der Waals surface area (Å²) in [5.41, 5.74) is 1.26. The summed E-state index contributed by atoms with van der Waals surface area (Å²) >= 11 is 2.07. The van der Waals surface area contributed by atoms with Gasteiger partial charge in [0, 0.05) is 0 Å². The van der Waals surface area contributed by atoms with E-state index in [1.807, 2.05) is 0 Å². The third-order valence-electron chi connectivity index (χ3n) is 4.96. The van der Waals surface area contributed by atoms with E-state index in [-0.39, 0.29) is 23.8 Å². The lowest BCUT2D eigenvalue weighted by Crippen LogP contribution is -2.38. The Hall–Kier alpha value is -3.80. The number of benzene rings is 3. The van der Waals surface area contributed by atoms with Gasteiger partial charge < -0.3 is 15.4 Å². The normalized spacial score (nSPS) is 14.3. The summed E-state index contributed by atoms with van der Waals surface area (Å²) in [6.45, 7) is -0.382. The number of nitrogens with one attached hydrogen (secondary N) is 2. The molecule has 0 aromatic heterocycles. The van der Waals surface area contributed by atoms with Crippen LogP contribution in [0.4, 0.5) is 19.3 Å². The first-order valence-electron chi connectivity index (χ1n) is 10.4. The van der Waals surface area contributed by atoms with E-state index in [9.17, 15) is 23.2 Å². The first-order valence-corrected chi connectivity index (χ1v) is 11.4. The van der Waals surface area contributed by atoms with Gasteiger partial charge in [0.25, 0.3) is 5.91 Å². The number of para-hydroxylation sites is 1. The second-order valence-electron chi connectivity index (χ2n) is 7.52. The molecule has 10 heteroatoms. The Morgan fingerprint density at radius 3 is 2.60 bits per heavy atom. The first-order chi connectivity index (χ1) is 16.8. The Morgan fingerprint density at radius 1 is 1.06 bits per heavy atom. The number of carbonyl (C=O) groups is 3. The highest BCUT2D eigenvalue weighted by molar-refractivity contribution is 14.1. The van der Waals surface area contributed by atoms with Crippen molar-refractivity contribution in [2.24, 2.45) is 0 Å². The molecule has 3 aromatic carbocycles. The van der Waals surface area contributed by atoms with Gasteiger partial charge in [-0.15, -0.1) is 0 Å². The third-order valence-corrected chi connectivity index (χ3v) is 5.81. The average molecular weight is 589 g/mol. The molecule has 0 unspecified atom stereocenters. The number of imide groups is 1. The first kappa shape index (κ1) is 24.3. The standard InChI is InChI=1S/C25H18F2IN3O4/c26-17-5-3-4-16(10-17)14-35-22-9-8-15(11-19(22)28)12-21-24(33)31(25(34)30-21)13-23(32)29-20-7-2-1-6-18(20)27/h1-12H,13-14H2,(H,29,32)(H,30,34)/b21-12+. The molecule has 3 aromatic rings. The number of amides is 4. The Kier molecular flexibility index (Phi) is 7.39. The van der Waals surface area contributed by atoms with E-state index in [2.05, 4.69) is 33.2 Å². The fourth-order valence-electron chi connectivity index (χ4n) is 3.29. The number of halogens is 3. The number of nitrogens with zero attached hydrogens (tertiary/aromatic N) is 1. The molecule has 1 aliphatic rings. The van der Waals surface area contributed by atoms with E-state index in [1.165, 1.54) is 36.4 Å². The predicted molar refractivity (Wildman–Crippen MR) is 133 cm³/mol. The molecule has 0 saturated carbocycles. The van der Waals surface area contributed by atoms with Crippen LogP contribution in [-0.4, -0.2) is 29.3 Å². The SMILES string of the molecule is O=C(CN1C(=O)N/C(=C/c2ccc(OCc3cccc(F)c3)c(I)c2)C1=O)Nc1ccccc1F. The van der Waals surface area contributed by atoms with E-state index < -0.39 is 30.2 Å². The summed E-state index contributed by atoms with van der Waals surface area (Å²) in [4.78, 5) is 37.9. The van der Waals surface area contributed by atoms with Crippen LogP contribution < -0.4 is 15.4 Å². The van der Waals surface area contributed by atoms with Crippen LogP contribution in [0.15, 0.2) is 72.4 Å². The maximum Gasteiger partial charge on any atom is 0.329 e. The molecule has 1 heterocycles. The summed E-state index contributed by atoms with van der Waals surface area (Å²) in [5.74, 6) is -1.79. The summed E-state index contributed by atoms with van der Waals surface area (Å²) in [7, 11) is 0. The number of hydrogen-bond acceptors (Lipinski definition) is 4. The van der Waals surface area contributed by atoms with Crippen molar-refractivity contribution < 1.29 is 27.9 Å². The van der Waals surface area contributed by atoms with Crippen molar-refractivity contribution in [3.05, 3.63) is 98.8 Å². The highest BCUT2D eigenvalue weighted by atomic mass is 127. The Bertz CT molecular complexity index is 1350. The van der Waals surface area contributed by atoms with Crippen LogP contribution in [0.3, 0.4) is 0 Å². The molecular formula is C25H18F2IN3O4. The van der Waals surface area contributed by atoms with Crippen molar-refractivity contribution in [1.29, 1.82) is 0 Å². The molecule has 4 rings (SSSR count). The van der Waals surface area contributed by atoms with Crippen molar-refractivity contribution >= 4 is 52.2 Å². The number of hydrogen-bond donors (Lipinski definition) is 2. The molecule has 35 heavy (non-hydrogen) atoms. The highest BCUT2D eigenvalue weighted by Crippen LogP contribution is 2.25. The van der Waals surface area contributed by atoms with E-state index in [4.69, 9.17) is 4.74 Å². The number of urea groups is 1. The van der Waals surface area contributed by atoms with E-state index in [0.29, 0.717) is 16.9 Å². The quantitative estimate of drug-likeness (QED) is 0.238. The fraction of sp³-hybridized carbons (Fsp3) is 0.0800. The van der Waals surface area contributed by atoms with Gasteiger partial charge in [0.15, 0.2) is 0 Å². The molecule has 178 valence electrons. The lowest BCUT2D eigenvalue weighted by atomic mass is 10.2. The maximum absolute atomic E-state index is 13.7. The number of carbonyl (C=O) groups excluding carboxylic acids is 3. The molecule has 1 fully saturated rings. The molecule has 4 amide bonds. The molecule has 7 nitrogen and oxygen atoms in total. The molecule has 2 N–H and O–H groups in total. The van der Waals surface area contributed by atoms with E-state index >= 15 is 0 Å². The van der Waals surface area contributed by atoms with Crippen LogP contribution in [0.2, 0.25) is 0 Å². The Labute approximate surface area is 212 Å². The van der Waals surface area contributed by atoms with Crippen LogP contribution in [0.1, 0.15) is 11.1 Å². The Balaban J connectivity index is 1.40. The van der Waals surface area contributed by atoms with Crippen LogP contribution >= 0.6 is 22.6 Å². The van der Waals surface area contributed by atoms with Crippen LogP contribution in [0.5, 0.6) is 5.75 Å². The predicted octanol–water partition coefficient (Wildman–Crippen LogP) is 4.68. The molecule has 0 aliphatic carbocycles. The zero-order valence-electron chi connectivity index (χ0n) is 18.1. The zero-order chi connectivity index (χ0) is 24.9. The van der Waals surface area contributed by atoms with Crippen molar-refractivity contribution in [3.8, 4) is 5.75 Å². The summed E-state index contributed by atoms with van der Waals surface area (Å²) in [6, 6.07) is 16.1. The summed E-state index contributed by atoms with van der Waals surface area (Å²) < 4.78 is 33.5. The minimum Gasteiger partial charge on any atom is -0.488 e. The van der Waals surface area contributed by atoms with Crippen LogP contribution in [0, 0.1) is 15.2 Å². The van der Waals surface area contributed by atoms with Crippen molar-refractivity contribution in [3.63, 3.8) is 0 Å². The Morgan fingerprint density at radius 2 is 1.86 bits per heavy atom. The van der Waals surface area contributed by atoms with E-state index in [1.54, 1.807) is 36.4 Å². The molecule has 0 radical (unpaired) electrons. The largest absolute Gasteiger partial charge is 0.488 e. The fourth-order valence-corrected chi connectivity index (χ4v) is 3.98. The van der Waals surface area contributed by atoms with Crippen molar-refractivity contribution in [1.82, 2.24) is 10.2 Å². The third kappa shape index (κ3) is 6.01. The lowest BCUT2D eigenvalue weighted by Gasteiger charge is -2.12. The van der Waals surface area contributed by atoms with Crippen LogP contribution in [-0.2, 0) is 16.2 Å². The van der Waals surface area contributed by atoms with Crippen LogP contribution in [0.25, 0.3) is 6.08 Å². The number of anilines is 1. The molecule has 0 atom stereocenters. The topological polar surface area (TPSA) is 87.7 Å².